The van der Waals surface area contributed by atoms with Crippen molar-refractivity contribution in [2.24, 2.45) is 0 Å². The molecule has 1 N–H and O–H groups in total. The van der Waals surface area contributed by atoms with Crippen molar-refractivity contribution in [1.29, 1.82) is 0 Å². The van der Waals surface area contributed by atoms with Gasteiger partial charge < -0.3 is 5.32 Å². The van der Waals surface area contributed by atoms with Crippen LogP contribution in [-0.4, -0.2) is 25.3 Å². The Morgan fingerprint density at radius 1 is 1.21 bits per heavy atom. The minimum atomic E-state index is -0.506. The number of rotatable bonds is 4. The second kappa shape index (κ2) is 7.19. The topological polar surface area (TPSA) is 72.2 Å². The van der Waals surface area contributed by atoms with E-state index in [2.05, 4.69) is 20.3 Å². The first-order chi connectivity index (χ1) is 13.5. The number of imidazole rings is 1. The predicted molar refractivity (Wildman–Crippen MR) is 103 cm³/mol. The molecule has 0 aliphatic carbocycles. The van der Waals surface area contributed by atoms with Crippen LogP contribution in [0.15, 0.2) is 61.2 Å². The molecule has 0 unspecified atom stereocenters. The van der Waals surface area contributed by atoms with E-state index in [1.54, 1.807) is 48.2 Å². The molecule has 1 aromatic carbocycles. The van der Waals surface area contributed by atoms with Gasteiger partial charge in [0, 0.05) is 29.2 Å². The number of nitrogens with one attached hydrogen (secondary N) is 1. The third kappa shape index (κ3) is 3.22. The van der Waals surface area contributed by atoms with Crippen molar-refractivity contribution < 1.29 is 9.18 Å². The van der Waals surface area contributed by atoms with Crippen LogP contribution in [0, 0.1) is 12.7 Å². The van der Waals surface area contributed by atoms with E-state index in [-0.39, 0.29) is 11.5 Å². The molecule has 4 rings (SSSR count). The number of aryl methyl sites for hydroxylation is 1. The van der Waals surface area contributed by atoms with E-state index in [9.17, 15) is 9.18 Å². The molecular weight excluding hydrogens is 357 g/mol. The van der Waals surface area contributed by atoms with Crippen molar-refractivity contribution in [3.8, 4) is 11.3 Å². The van der Waals surface area contributed by atoms with Crippen molar-refractivity contribution in [2.75, 3.05) is 0 Å². The summed E-state index contributed by atoms with van der Waals surface area (Å²) in [6.45, 7) is 3.65. The van der Waals surface area contributed by atoms with Gasteiger partial charge in [0.15, 0.2) is 11.3 Å². The number of hydrogen-bond donors (Lipinski definition) is 1. The second-order valence-corrected chi connectivity index (χ2v) is 6.53. The van der Waals surface area contributed by atoms with Gasteiger partial charge in [0.2, 0.25) is 0 Å². The van der Waals surface area contributed by atoms with E-state index in [1.165, 1.54) is 6.07 Å². The molecule has 0 spiro atoms. The number of benzene rings is 1. The maximum absolute atomic E-state index is 14.0. The number of carbonyl (C=O) groups excluding carboxylic acids is 1. The summed E-state index contributed by atoms with van der Waals surface area (Å²) in [5, 5.41) is 2.80. The summed E-state index contributed by atoms with van der Waals surface area (Å²) in [4.78, 5) is 25.8. The van der Waals surface area contributed by atoms with Gasteiger partial charge in [0.05, 0.1) is 11.7 Å². The zero-order valence-corrected chi connectivity index (χ0v) is 15.4. The van der Waals surface area contributed by atoms with Crippen LogP contribution in [0.1, 0.15) is 34.7 Å². The summed E-state index contributed by atoms with van der Waals surface area (Å²) in [5.41, 5.74) is 3.49. The molecule has 7 heteroatoms. The van der Waals surface area contributed by atoms with Gasteiger partial charge in [-0.2, -0.15) is 0 Å². The lowest BCUT2D eigenvalue weighted by atomic mass is 10.1. The van der Waals surface area contributed by atoms with Crippen molar-refractivity contribution in [1.82, 2.24) is 24.7 Å². The van der Waals surface area contributed by atoms with Gasteiger partial charge in [-0.3, -0.25) is 14.2 Å². The SMILES string of the molecule is Cc1cc(-c2cccnc2)nc2c(C(=O)N[C@@H](C)c3ccccc3F)ncn12. The van der Waals surface area contributed by atoms with Gasteiger partial charge >= 0.3 is 0 Å². The highest BCUT2D eigenvalue weighted by Gasteiger charge is 2.20. The van der Waals surface area contributed by atoms with Crippen LogP contribution >= 0.6 is 0 Å². The summed E-state index contributed by atoms with van der Waals surface area (Å²) >= 11 is 0. The molecule has 0 radical (unpaired) electrons. The fraction of sp³-hybridized carbons (Fsp3) is 0.143. The Morgan fingerprint density at radius 2 is 2.04 bits per heavy atom. The van der Waals surface area contributed by atoms with E-state index in [0.717, 1.165) is 11.3 Å². The van der Waals surface area contributed by atoms with Gasteiger partial charge in [-0.15, -0.1) is 0 Å². The van der Waals surface area contributed by atoms with Crippen LogP contribution in [0.4, 0.5) is 4.39 Å². The van der Waals surface area contributed by atoms with Crippen LogP contribution in [-0.2, 0) is 0 Å². The standard InChI is InChI=1S/C21H18FN5O/c1-13-10-18(15-6-5-9-23-11-15)26-20-19(24-12-27(13)20)21(28)25-14(2)16-7-3-4-8-17(16)22/h3-12,14H,1-2H3,(H,25,28)/t14-/m0/s1. The van der Waals surface area contributed by atoms with E-state index in [4.69, 9.17) is 0 Å². The molecule has 0 saturated carbocycles. The highest BCUT2D eigenvalue weighted by atomic mass is 19.1. The molecular formula is C21H18FN5O. The van der Waals surface area contributed by atoms with Crippen molar-refractivity contribution in [3.05, 3.63) is 84.0 Å². The molecule has 0 aliphatic rings. The van der Waals surface area contributed by atoms with Gasteiger partial charge in [-0.25, -0.2) is 14.4 Å². The Balaban J connectivity index is 1.69. The average Bonchev–Trinajstić information content (AvgIpc) is 3.13. The highest BCUT2D eigenvalue weighted by Crippen LogP contribution is 2.21. The number of halogens is 1. The first kappa shape index (κ1) is 17.8. The molecule has 6 nitrogen and oxygen atoms in total. The molecule has 0 saturated heterocycles. The zero-order chi connectivity index (χ0) is 19.7. The lowest BCUT2D eigenvalue weighted by molar-refractivity contribution is 0.0936. The monoisotopic (exact) mass is 375 g/mol. The largest absolute Gasteiger partial charge is 0.344 e. The second-order valence-electron chi connectivity index (χ2n) is 6.53. The Hall–Kier alpha value is -3.61. The number of hydrogen-bond acceptors (Lipinski definition) is 4. The van der Waals surface area contributed by atoms with Gasteiger partial charge in [-0.05, 0) is 38.1 Å². The summed E-state index contributed by atoms with van der Waals surface area (Å²) in [7, 11) is 0. The Kier molecular flexibility index (Phi) is 4.57. The van der Waals surface area contributed by atoms with E-state index >= 15 is 0 Å². The summed E-state index contributed by atoms with van der Waals surface area (Å²) in [6.07, 6.45) is 4.97. The Labute approximate surface area is 161 Å². The van der Waals surface area contributed by atoms with Crippen molar-refractivity contribution in [3.63, 3.8) is 0 Å². The molecule has 1 atom stereocenters. The minimum Gasteiger partial charge on any atom is -0.344 e. The highest BCUT2D eigenvalue weighted by molar-refractivity contribution is 5.98. The van der Waals surface area contributed by atoms with Crippen LogP contribution in [0.3, 0.4) is 0 Å². The van der Waals surface area contributed by atoms with Gasteiger partial charge in [-0.1, -0.05) is 18.2 Å². The molecule has 0 aliphatic heterocycles. The van der Waals surface area contributed by atoms with Crippen molar-refractivity contribution >= 4 is 11.6 Å². The van der Waals surface area contributed by atoms with Crippen LogP contribution in [0.2, 0.25) is 0 Å². The van der Waals surface area contributed by atoms with E-state index in [1.807, 2.05) is 25.1 Å². The lowest BCUT2D eigenvalue weighted by Crippen LogP contribution is -2.27. The van der Waals surface area contributed by atoms with E-state index < -0.39 is 11.9 Å². The third-order valence-electron chi connectivity index (χ3n) is 4.59. The smallest absolute Gasteiger partial charge is 0.274 e. The third-order valence-corrected chi connectivity index (χ3v) is 4.59. The van der Waals surface area contributed by atoms with Gasteiger partial charge in [0.1, 0.15) is 12.1 Å². The quantitative estimate of drug-likeness (QED) is 0.590. The summed E-state index contributed by atoms with van der Waals surface area (Å²) < 4.78 is 15.7. The number of amides is 1. The zero-order valence-electron chi connectivity index (χ0n) is 15.4. The molecule has 3 aromatic heterocycles. The molecule has 28 heavy (non-hydrogen) atoms. The maximum atomic E-state index is 14.0. The molecule has 4 aromatic rings. The number of pyridine rings is 1. The number of fused-ring (bicyclic) bond motifs is 1. The molecule has 3 heterocycles. The molecule has 1 amide bonds. The normalized spacial score (nSPS) is 12.1. The first-order valence-corrected chi connectivity index (χ1v) is 8.85. The molecule has 0 bridgehead atoms. The van der Waals surface area contributed by atoms with Crippen LogP contribution in [0.5, 0.6) is 0 Å². The lowest BCUT2D eigenvalue weighted by Gasteiger charge is -2.14. The Bertz CT molecular complexity index is 1160. The van der Waals surface area contributed by atoms with Crippen LogP contribution < -0.4 is 5.32 Å². The minimum absolute atomic E-state index is 0.192. The van der Waals surface area contributed by atoms with Crippen LogP contribution in [0.25, 0.3) is 16.9 Å². The summed E-state index contributed by atoms with van der Waals surface area (Å²) in [5.74, 6) is -0.772. The Morgan fingerprint density at radius 3 is 2.79 bits per heavy atom. The molecule has 0 fully saturated rings. The fourth-order valence-electron chi connectivity index (χ4n) is 3.11. The van der Waals surface area contributed by atoms with E-state index in [0.29, 0.717) is 16.9 Å². The van der Waals surface area contributed by atoms with Crippen molar-refractivity contribution in [2.45, 2.75) is 19.9 Å². The first-order valence-electron chi connectivity index (χ1n) is 8.85. The number of aromatic nitrogens is 4. The molecule has 140 valence electrons. The maximum Gasteiger partial charge on any atom is 0.274 e. The average molecular weight is 375 g/mol. The summed E-state index contributed by atoms with van der Waals surface area (Å²) in [6, 6.07) is 11.5. The number of carbonyl (C=O) groups is 1. The fourth-order valence-corrected chi connectivity index (χ4v) is 3.11. The predicted octanol–water partition coefficient (Wildman–Crippen LogP) is 3.73. The van der Waals surface area contributed by atoms with Gasteiger partial charge in [0.25, 0.3) is 5.91 Å². The number of nitrogens with zero attached hydrogens (tertiary/aromatic N) is 4.